The van der Waals surface area contributed by atoms with Gasteiger partial charge in [-0.25, -0.2) is 4.99 Å². The molecule has 1 heterocycles. The molecule has 0 aromatic heterocycles. The first kappa shape index (κ1) is 19.2. The van der Waals surface area contributed by atoms with Crippen LogP contribution in [0.4, 0.5) is 5.69 Å². The number of hydrogen-bond donors (Lipinski definition) is 4. The zero-order chi connectivity index (χ0) is 18.1. The predicted molar refractivity (Wildman–Crippen MR) is 108 cm³/mol. The van der Waals surface area contributed by atoms with Gasteiger partial charge in [0.25, 0.3) is 0 Å². The summed E-state index contributed by atoms with van der Waals surface area (Å²) in [6, 6.07) is 6.33. The van der Waals surface area contributed by atoms with Crippen molar-refractivity contribution in [2.45, 2.75) is 45.4 Å². The number of rotatable bonds is 10. The highest BCUT2D eigenvalue weighted by molar-refractivity contribution is 6.57. The van der Waals surface area contributed by atoms with Crippen molar-refractivity contribution >= 4 is 22.8 Å². The third kappa shape index (κ3) is 5.43. The van der Waals surface area contributed by atoms with Crippen molar-refractivity contribution in [1.29, 1.82) is 5.41 Å². The molecule has 0 radical (unpaired) electrons. The van der Waals surface area contributed by atoms with Crippen molar-refractivity contribution in [1.82, 2.24) is 10.6 Å². The first-order valence-corrected chi connectivity index (χ1v) is 9.32. The Kier molecular flexibility index (Phi) is 7.67. The number of aryl methyl sites for hydroxylation is 1. The highest BCUT2D eigenvalue weighted by Crippen LogP contribution is 2.32. The molecule has 0 spiro atoms. The lowest BCUT2D eigenvalue weighted by Gasteiger charge is -2.19. The lowest BCUT2D eigenvalue weighted by Crippen LogP contribution is -2.27. The van der Waals surface area contributed by atoms with Crippen LogP contribution in [-0.4, -0.2) is 31.7 Å². The SMILES string of the molecule is CCCCN/C=C1\C(=N)C(N)=Nc2ccc(CCCCCNC)cc21. The second-order valence-corrected chi connectivity index (χ2v) is 6.50. The molecule has 5 N–H and O–H groups in total. The van der Waals surface area contributed by atoms with Crippen molar-refractivity contribution in [3.05, 3.63) is 35.5 Å². The van der Waals surface area contributed by atoms with Crippen molar-refractivity contribution in [3.63, 3.8) is 0 Å². The molecule has 0 unspecified atom stereocenters. The van der Waals surface area contributed by atoms with E-state index in [0.717, 1.165) is 49.2 Å². The first-order chi connectivity index (χ1) is 12.2. The van der Waals surface area contributed by atoms with Crippen molar-refractivity contribution in [2.24, 2.45) is 10.7 Å². The minimum absolute atomic E-state index is 0.288. The standard InChI is InChI=1S/C20H31N5/c1-3-4-12-24-14-17-16-13-15(8-6-5-7-11-23-2)9-10-18(16)25-20(22)19(17)21/h9-10,13-14,21,23-24H,3-8,11-12H2,1-2H3,(H2,22,25)/b17-14-,21-19?. The average Bonchev–Trinajstić information content (AvgIpc) is 2.61. The Hall–Kier alpha value is -2.14. The molecule has 0 saturated heterocycles. The number of benzene rings is 1. The molecular formula is C20H31N5. The Morgan fingerprint density at radius 1 is 1.16 bits per heavy atom. The van der Waals surface area contributed by atoms with Crippen molar-refractivity contribution in [3.8, 4) is 0 Å². The van der Waals surface area contributed by atoms with Gasteiger partial charge in [0, 0.05) is 23.9 Å². The number of unbranched alkanes of at least 4 members (excludes halogenated alkanes) is 3. The molecule has 25 heavy (non-hydrogen) atoms. The Morgan fingerprint density at radius 2 is 2.00 bits per heavy atom. The van der Waals surface area contributed by atoms with Crippen LogP contribution in [0.2, 0.25) is 0 Å². The van der Waals surface area contributed by atoms with Crippen LogP contribution in [0.15, 0.2) is 29.4 Å². The first-order valence-electron chi connectivity index (χ1n) is 9.32. The molecule has 1 aliphatic heterocycles. The normalized spacial score (nSPS) is 15.2. The number of nitrogens with zero attached hydrogens (tertiary/aromatic N) is 1. The minimum Gasteiger partial charge on any atom is -0.390 e. The second-order valence-electron chi connectivity index (χ2n) is 6.50. The van der Waals surface area contributed by atoms with Crippen LogP contribution in [0.25, 0.3) is 5.57 Å². The molecule has 1 aliphatic rings. The second kappa shape index (κ2) is 9.99. The minimum atomic E-state index is 0.288. The van der Waals surface area contributed by atoms with Gasteiger partial charge < -0.3 is 16.4 Å². The summed E-state index contributed by atoms with van der Waals surface area (Å²) in [4.78, 5) is 4.38. The smallest absolute Gasteiger partial charge is 0.150 e. The molecule has 0 saturated carbocycles. The van der Waals surface area contributed by atoms with Gasteiger partial charge in [-0.15, -0.1) is 0 Å². The summed E-state index contributed by atoms with van der Waals surface area (Å²) in [7, 11) is 1.99. The molecular weight excluding hydrogens is 310 g/mol. The van der Waals surface area contributed by atoms with E-state index in [1.54, 1.807) is 0 Å². The molecule has 2 rings (SSSR count). The molecule has 0 fully saturated rings. The Labute approximate surface area is 151 Å². The monoisotopic (exact) mass is 341 g/mol. The van der Waals surface area contributed by atoms with Crippen LogP contribution in [0.3, 0.4) is 0 Å². The fraction of sp³-hybridized carbons (Fsp3) is 0.500. The van der Waals surface area contributed by atoms with E-state index >= 15 is 0 Å². The van der Waals surface area contributed by atoms with Crippen LogP contribution < -0.4 is 16.4 Å². The molecule has 0 atom stereocenters. The van der Waals surface area contributed by atoms with Gasteiger partial charge in [-0.05, 0) is 57.0 Å². The molecule has 5 heteroatoms. The fourth-order valence-corrected chi connectivity index (χ4v) is 2.92. The Bertz CT molecular complexity index is 645. The van der Waals surface area contributed by atoms with Gasteiger partial charge in [-0.1, -0.05) is 25.8 Å². The number of hydrogen-bond acceptors (Lipinski definition) is 5. The molecule has 1 aromatic carbocycles. The third-order valence-electron chi connectivity index (χ3n) is 4.43. The summed E-state index contributed by atoms with van der Waals surface area (Å²) in [6.07, 6.45) is 8.84. The average molecular weight is 342 g/mol. The summed E-state index contributed by atoms with van der Waals surface area (Å²) in [6.45, 7) is 4.15. The van der Waals surface area contributed by atoms with E-state index < -0.39 is 0 Å². The van der Waals surface area contributed by atoms with Crippen molar-refractivity contribution in [2.75, 3.05) is 20.1 Å². The maximum absolute atomic E-state index is 8.28. The number of fused-ring (bicyclic) bond motifs is 1. The lowest BCUT2D eigenvalue weighted by atomic mass is 9.93. The van der Waals surface area contributed by atoms with Crippen molar-refractivity contribution < 1.29 is 0 Å². The Balaban J connectivity index is 2.12. The molecule has 1 aromatic rings. The van der Waals surface area contributed by atoms with Gasteiger partial charge in [0.2, 0.25) is 0 Å². The van der Waals surface area contributed by atoms with E-state index in [-0.39, 0.29) is 5.84 Å². The van der Waals surface area contributed by atoms with Crippen LogP contribution in [-0.2, 0) is 6.42 Å². The van der Waals surface area contributed by atoms with Gasteiger partial charge in [-0.3, -0.25) is 5.41 Å². The summed E-state index contributed by atoms with van der Waals surface area (Å²) in [5.41, 5.74) is 10.2. The zero-order valence-corrected chi connectivity index (χ0v) is 15.5. The Morgan fingerprint density at radius 3 is 2.76 bits per heavy atom. The lowest BCUT2D eigenvalue weighted by molar-refractivity contribution is 0.642. The number of amidine groups is 1. The topological polar surface area (TPSA) is 86.3 Å². The number of aliphatic imine (C=N–C) groups is 1. The molecule has 0 amide bonds. The fourth-order valence-electron chi connectivity index (χ4n) is 2.92. The largest absolute Gasteiger partial charge is 0.390 e. The van der Waals surface area contributed by atoms with Gasteiger partial charge in [0.15, 0.2) is 0 Å². The predicted octanol–water partition coefficient (Wildman–Crippen LogP) is 3.37. The number of nitrogens with two attached hydrogens (primary N) is 1. The maximum atomic E-state index is 8.28. The number of nitrogens with one attached hydrogen (secondary N) is 3. The van der Waals surface area contributed by atoms with Gasteiger partial charge in [0.05, 0.1) is 5.69 Å². The van der Waals surface area contributed by atoms with E-state index in [1.165, 1.54) is 24.8 Å². The van der Waals surface area contributed by atoms with Gasteiger partial charge in [0.1, 0.15) is 11.5 Å². The highest BCUT2D eigenvalue weighted by Gasteiger charge is 2.21. The molecule has 136 valence electrons. The van der Waals surface area contributed by atoms with Crippen LogP contribution in [0.1, 0.15) is 50.2 Å². The quantitative estimate of drug-likeness (QED) is 0.492. The van der Waals surface area contributed by atoms with Gasteiger partial charge >= 0.3 is 0 Å². The van der Waals surface area contributed by atoms with Crippen LogP contribution in [0.5, 0.6) is 0 Å². The summed E-state index contributed by atoms with van der Waals surface area (Å²) in [5, 5.41) is 14.8. The molecule has 0 bridgehead atoms. The van der Waals surface area contributed by atoms with E-state index in [0.29, 0.717) is 5.71 Å². The summed E-state index contributed by atoms with van der Waals surface area (Å²) < 4.78 is 0. The summed E-state index contributed by atoms with van der Waals surface area (Å²) >= 11 is 0. The molecule has 5 nitrogen and oxygen atoms in total. The maximum Gasteiger partial charge on any atom is 0.150 e. The zero-order valence-electron chi connectivity index (χ0n) is 15.5. The summed E-state index contributed by atoms with van der Waals surface area (Å²) in [5.74, 6) is 0.288. The van der Waals surface area contributed by atoms with Gasteiger partial charge in [-0.2, -0.15) is 0 Å². The highest BCUT2D eigenvalue weighted by atomic mass is 14.9. The van der Waals surface area contributed by atoms with E-state index in [2.05, 4.69) is 34.7 Å². The van der Waals surface area contributed by atoms with E-state index in [1.807, 2.05) is 19.3 Å². The third-order valence-corrected chi connectivity index (χ3v) is 4.43. The molecule has 0 aliphatic carbocycles. The van der Waals surface area contributed by atoms with Crippen LogP contribution in [0, 0.1) is 5.41 Å². The van der Waals surface area contributed by atoms with E-state index in [4.69, 9.17) is 11.1 Å². The van der Waals surface area contributed by atoms with E-state index in [9.17, 15) is 0 Å². The van der Waals surface area contributed by atoms with Crippen LogP contribution >= 0.6 is 0 Å².